The summed E-state index contributed by atoms with van der Waals surface area (Å²) >= 11 is 0. The van der Waals surface area contributed by atoms with Gasteiger partial charge in [0.15, 0.2) is 0 Å². The highest BCUT2D eigenvalue weighted by Gasteiger charge is 2.08. The van der Waals surface area contributed by atoms with Gasteiger partial charge in [-0.2, -0.15) is 0 Å². The second-order valence-electron chi connectivity index (χ2n) is 8.87. The molecule has 0 fully saturated rings. The number of nitrogens with two attached hydrogens (primary N) is 1. The van der Waals surface area contributed by atoms with Crippen LogP contribution < -0.4 is 5.73 Å². The van der Waals surface area contributed by atoms with E-state index in [1.807, 2.05) is 30.3 Å². The number of hydrogen-bond acceptors (Lipinski definition) is 1. The second-order valence-corrected chi connectivity index (χ2v) is 8.87. The fourth-order valence-corrected chi connectivity index (χ4v) is 4.59. The van der Waals surface area contributed by atoms with Gasteiger partial charge in [-0.1, -0.05) is 127 Å². The maximum atomic E-state index is 6.52. The summed E-state index contributed by atoms with van der Waals surface area (Å²) in [5.74, 6) is 0. The summed E-state index contributed by atoms with van der Waals surface area (Å²) in [6, 6.07) is 42.5. The van der Waals surface area contributed by atoms with E-state index in [-0.39, 0.29) is 0 Å². The molecule has 0 aliphatic heterocycles. The van der Waals surface area contributed by atoms with Crippen LogP contribution in [-0.2, 0) is 6.42 Å². The van der Waals surface area contributed by atoms with Crippen molar-refractivity contribution in [3.05, 3.63) is 156 Å². The largest absolute Gasteiger partial charge is 0.398 e. The van der Waals surface area contributed by atoms with Crippen LogP contribution in [0.25, 0.3) is 33.2 Å². The number of benzene rings is 5. The highest BCUT2D eigenvalue weighted by Crippen LogP contribution is 2.32. The Labute approximate surface area is 207 Å². The van der Waals surface area contributed by atoms with Crippen molar-refractivity contribution >= 4 is 22.0 Å². The first-order valence-electron chi connectivity index (χ1n) is 12.0. The molecule has 0 aliphatic rings. The van der Waals surface area contributed by atoms with Gasteiger partial charge in [0, 0.05) is 5.70 Å². The van der Waals surface area contributed by atoms with E-state index in [9.17, 15) is 0 Å². The minimum absolute atomic E-state index is 0.763. The minimum atomic E-state index is 0.763. The Balaban J connectivity index is 1.53. The predicted octanol–water partition coefficient (Wildman–Crippen LogP) is 8.44. The van der Waals surface area contributed by atoms with Crippen molar-refractivity contribution in [2.75, 3.05) is 0 Å². The Morgan fingerprint density at radius 1 is 0.657 bits per heavy atom. The molecule has 0 aliphatic carbocycles. The Hall–Kier alpha value is -4.36. The third-order valence-corrected chi connectivity index (χ3v) is 6.46. The van der Waals surface area contributed by atoms with Crippen LogP contribution in [0.1, 0.15) is 22.3 Å². The maximum Gasteiger partial charge on any atom is 0.0393 e. The molecule has 0 atom stereocenters. The number of rotatable bonds is 6. The molecular weight excluding hydrogens is 422 g/mol. The van der Waals surface area contributed by atoms with Gasteiger partial charge >= 0.3 is 0 Å². The van der Waals surface area contributed by atoms with Crippen LogP contribution in [0, 0.1) is 6.92 Å². The molecule has 1 heteroatoms. The van der Waals surface area contributed by atoms with E-state index in [1.165, 1.54) is 33.0 Å². The zero-order valence-corrected chi connectivity index (χ0v) is 20.0. The highest BCUT2D eigenvalue weighted by atomic mass is 14.6. The van der Waals surface area contributed by atoms with Crippen molar-refractivity contribution in [3.8, 4) is 11.1 Å². The first-order valence-corrected chi connectivity index (χ1v) is 12.0. The van der Waals surface area contributed by atoms with Gasteiger partial charge in [-0.15, -0.1) is 0 Å². The zero-order chi connectivity index (χ0) is 24.0. The molecule has 0 saturated heterocycles. The monoisotopic (exact) mass is 451 g/mol. The van der Waals surface area contributed by atoms with Crippen LogP contribution in [0.4, 0.5) is 0 Å². The number of fused-ring (bicyclic) bond motifs is 1. The van der Waals surface area contributed by atoms with Gasteiger partial charge in [0.05, 0.1) is 0 Å². The average Bonchev–Trinajstić information content (AvgIpc) is 2.92. The van der Waals surface area contributed by atoms with Crippen molar-refractivity contribution < 1.29 is 0 Å². The lowest BCUT2D eigenvalue weighted by Crippen LogP contribution is -1.97. The fraction of sp³-hybridized carbons (Fsp3) is 0.0588. The summed E-state index contributed by atoms with van der Waals surface area (Å²) < 4.78 is 0. The summed E-state index contributed by atoms with van der Waals surface area (Å²) in [6.45, 7) is 2.18. The molecule has 0 heterocycles. The lowest BCUT2D eigenvalue weighted by Gasteiger charge is -2.12. The molecule has 5 rings (SSSR count). The van der Waals surface area contributed by atoms with Crippen LogP contribution in [0.2, 0.25) is 0 Å². The lowest BCUT2D eigenvalue weighted by atomic mass is 9.93. The quantitative estimate of drug-likeness (QED) is 0.258. The molecule has 1 nitrogen and oxygen atoms in total. The van der Waals surface area contributed by atoms with Crippen molar-refractivity contribution in [2.45, 2.75) is 13.3 Å². The first-order chi connectivity index (χ1) is 17.2. The second kappa shape index (κ2) is 10.3. The molecule has 0 bridgehead atoms. The van der Waals surface area contributed by atoms with E-state index in [0.717, 1.165) is 28.8 Å². The Bertz CT molecular complexity index is 1490. The Kier molecular flexibility index (Phi) is 6.59. The molecule has 170 valence electrons. The first kappa shape index (κ1) is 22.4. The van der Waals surface area contributed by atoms with Gasteiger partial charge in [-0.05, 0) is 69.1 Å². The molecular formula is C34H29N. The van der Waals surface area contributed by atoms with E-state index >= 15 is 0 Å². The Morgan fingerprint density at radius 3 is 2.03 bits per heavy atom. The van der Waals surface area contributed by atoms with Gasteiger partial charge in [0.25, 0.3) is 0 Å². The van der Waals surface area contributed by atoms with Crippen LogP contribution in [-0.4, -0.2) is 0 Å². The SMILES string of the molecule is Cc1cccc2cccc(-c3ccc(C(/C=C(\N)c4ccccc4)=C/Cc4ccccc4)cc3)c12. The van der Waals surface area contributed by atoms with E-state index in [2.05, 4.69) is 110 Å². The number of hydrogen-bond donors (Lipinski definition) is 1. The van der Waals surface area contributed by atoms with Crippen LogP contribution in [0.3, 0.4) is 0 Å². The van der Waals surface area contributed by atoms with Crippen molar-refractivity contribution in [1.29, 1.82) is 0 Å². The average molecular weight is 452 g/mol. The fourth-order valence-electron chi connectivity index (χ4n) is 4.59. The minimum Gasteiger partial charge on any atom is -0.398 e. The summed E-state index contributed by atoms with van der Waals surface area (Å²) in [7, 11) is 0. The summed E-state index contributed by atoms with van der Waals surface area (Å²) in [5.41, 5.74) is 15.6. The van der Waals surface area contributed by atoms with E-state index in [0.29, 0.717) is 0 Å². The van der Waals surface area contributed by atoms with Gasteiger partial charge in [0.1, 0.15) is 0 Å². The van der Waals surface area contributed by atoms with Gasteiger partial charge in [-0.25, -0.2) is 0 Å². The van der Waals surface area contributed by atoms with Gasteiger partial charge in [-0.3, -0.25) is 0 Å². The van der Waals surface area contributed by atoms with Gasteiger partial charge in [0.2, 0.25) is 0 Å². The highest BCUT2D eigenvalue weighted by molar-refractivity contribution is 5.99. The molecule has 0 radical (unpaired) electrons. The normalized spacial score (nSPS) is 12.1. The summed E-state index contributed by atoms with van der Waals surface area (Å²) in [4.78, 5) is 0. The van der Waals surface area contributed by atoms with E-state index < -0.39 is 0 Å². The van der Waals surface area contributed by atoms with Crippen molar-refractivity contribution in [3.63, 3.8) is 0 Å². The molecule has 0 spiro atoms. The van der Waals surface area contributed by atoms with Gasteiger partial charge < -0.3 is 5.73 Å². The number of allylic oxidation sites excluding steroid dienone is 3. The van der Waals surface area contributed by atoms with Crippen LogP contribution in [0.5, 0.6) is 0 Å². The summed E-state index contributed by atoms with van der Waals surface area (Å²) in [6.07, 6.45) is 5.20. The predicted molar refractivity (Wildman–Crippen MR) is 151 cm³/mol. The standard InChI is InChI=1S/C34H29N/c1-25-10-8-15-30-16-9-17-32(34(25)30)28-22-20-27(21-23-28)31(19-18-26-11-4-2-5-12-26)24-33(35)29-13-6-3-7-14-29/h2-17,19-24H,18,35H2,1H3/b31-19+,33-24-. The third-order valence-electron chi connectivity index (χ3n) is 6.46. The molecule has 0 amide bonds. The topological polar surface area (TPSA) is 26.0 Å². The van der Waals surface area contributed by atoms with E-state index in [1.54, 1.807) is 0 Å². The molecule has 2 N–H and O–H groups in total. The third kappa shape index (κ3) is 5.10. The molecule has 0 unspecified atom stereocenters. The number of aryl methyl sites for hydroxylation is 1. The summed E-state index contributed by atoms with van der Waals surface area (Å²) in [5, 5.41) is 2.59. The Morgan fingerprint density at radius 2 is 1.31 bits per heavy atom. The van der Waals surface area contributed by atoms with Crippen LogP contribution >= 0.6 is 0 Å². The molecule has 5 aromatic rings. The molecule has 0 aromatic heterocycles. The van der Waals surface area contributed by atoms with Crippen molar-refractivity contribution in [1.82, 2.24) is 0 Å². The van der Waals surface area contributed by atoms with E-state index in [4.69, 9.17) is 5.73 Å². The maximum absolute atomic E-state index is 6.52. The van der Waals surface area contributed by atoms with Crippen molar-refractivity contribution in [2.24, 2.45) is 5.73 Å². The molecule has 0 saturated carbocycles. The smallest absolute Gasteiger partial charge is 0.0393 e. The molecule has 5 aromatic carbocycles. The zero-order valence-electron chi connectivity index (χ0n) is 20.0. The lowest BCUT2D eigenvalue weighted by molar-refractivity contribution is 1.27. The van der Waals surface area contributed by atoms with Crippen LogP contribution in [0.15, 0.2) is 133 Å². The molecule has 35 heavy (non-hydrogen) atoms.